The summed E-state index contributed by atoms with van der Waals surface area (Å²) in [6.07, 6.45) is 2.94. The van der Waals surface area contributed by atoms with Crippen LogP contribution in [0, 0.1) is 13.8 Å². The third-order valence-corrected chi connectivity index (χ3v) is 4.08. The second-order valence-electron chi connectivity index (χ2n) is 4.64. The maximum absolute atomic E-state index is 4.39. The molecule has 0 spiro atoms. The van der Waals surface area contributed by atoms with Gasteiger partial charge in [0, 0.05) is 18.1 Å². The average molecular weight is 260 g/mol. The Labute approximate surface area is 113 Å². The molecule has 0 radical (unpaired) electrons. The van der Waals surface area contributed by atoms with Crippen molar-refractivity contribution < 1.29 is 0 Å². The van der Waals surface area contributed by atoms with Crippen molar-refractivity contribution in [2.75, 3.05) is 0 Å². The zero-order valence-corrected chi connectivity index (χ0v) is 12.1. The van der Waals surface area contributed by atoms with E-state index in [0.29, 0.717) is 6.04 Å². The molecule has 96 valence electrons. The first-order valence-corrected chi connectivity index (χ1v) is 7.27. The van der Waals surface area contributed by atoms with Gasteiger partial charge >= 0.3 is 0 Å². The Morgan fingerprint density at radius 3 is 2.78 bits per heavy atom. The number of nitrogens with zero attached hydrogens (tertiary/aromatic N) is 1. The Morgan fingerprint density at radius 1 is 1.33 bits per heavy atom. The van der Waals surface area contributed by atoms with E-state index in [1.807, 2.05) is 11.6 Å². The van der Waals surface area contributed by atoms with Gasteiger partial charge in [0.2, 0.25) is 0 Å². The van der Waals surface area contributed by atoms with Gasteiger partial charge in [-0.3, -0.25) is 0 Å². The molecule has 1 N–H and O–H groups in total. The molecular weight excluding hydrogens is 240 g/mol. The summed E-state index contributed by atoms with van der Waals surface area (Å²) >= 11 is 1.72. The van der Waals surface area contributed by atoms with Crippen LogP contribution in [0.4, 0.5) is 0 Å². The molecule has 0 saturated carbocycles. The minimum atomic E-state index is 0.366. The summed E-state index contributed by atoms with van der Waals surface area (Å²) in [5.74, 6) is 0. The number of hydrogen-bond acceptors (Lipinski definition) is 3. The van der Waals surface area contributed by atoms with Crippen molar-refractivity contribution in [1.82, 2.24) is 10.3 Å². The van der Waals surface area contributed by atoms with Crippen molar-refractivity contribution in [3.8, 4) is 0 Å². The van der Waals surface area contributed by atoms with Crippen molar-refractivity contribution in [1.29, 1.82) is 0 Å². The van der Waals surface area contributed by atoms with E-state index in [1.54, 1.807) is 11.3 Å². The minimum Gasteiger partial charge on any atom is -0.304 e. The predicted octanol–water partition coefficient (Wildman–Crippen LogP) is 4.00. The lowest BCUT2D eigenvalue weighted by molar-refractivity contribution is 0.516. The molecule has 2 aromatic rings. The van der Waals surface area contributed by atoms with Crippen LogP contribution in [-0.4, -0.2) is 4.98 Å². The zero-order valence-electron chi connectivity index (χ0n) is 11.2. The molecule has 0 aliphatic carbocycles. The number of benzene rings is 1. The molecular formula is C15H20N2S. The third-order valence-electron chi connectivity index (χ3n) is 3.19. The smallest absolute Gasteiger partial charge is 0.109 e. The summed E-state index contributed by atoms with van der Waals surface area (Å²) in [5.41, 5.74) is 4.05. The Bertz CT molecular complexity index is 491. The van der Waals surface area contributed by atoms with Crippen molar-refractivity contribution in [2.24, 2.45) is 0 Å². The number of hydrogen-bond donors (Lipinski definition) is 1. The van der Waals surface area contributed by atoms with E-state index in [4.69, 9.17) is 0 Å². The first-order chi connectivity index (χ1) is 8.70. The quantitative estimate of drug-likeness (QED) is 0.879. The maximum atomic E-state index is 4.39. The predicted molar refractivity (Wildman–Crippen MR) is 77.9 cm³/mol. The fourth-order valence-corrected chi connectivity index (χ4v) is 2.89. The van der Waals surface area contributed by atoms with Crippen LogP contribution in [0.15, 0.2) is 29.8 Å². The summed E-state index contributed by atoms with van der Waals surface area (Å²) < 4.78 is 0. The van der Waals surface area contributed by atoms with E-state index < -0.39 is 0 Å². The normalized spacial score (nSPS) is 12.6. The van der Waals surface area contributed by atoms with E-state index in [1.165, 1.54) is 21.7 Å². The monoisotopic (exact) mass is 260 g/mol. The molecule has 0 saturated heterocycles. The summed E-state index contributed by atoms with van der Waals surface area (Å²) in [5, 5.41) is 6.82. The molecule has 1 unspecified atom stereocenters. The van der Waals surface area contributed by atoms with E-state index in [9.17, 15) is 0 Å². The first kappa shape index (κ1) is 13.2. The van der Waals surface area contributed by atoms with Gasteiger partial charge < -0.3 is 5.32 Å². The Kier molecular flexibility index (Phi) is 4.50. The molecule has 1 atom stereocenters. The molecule has 1 aromatic heterocycles. The van der Waals surface area contributed by atoms with Crippen molar-refractivity contribution in [3.63, 3.8) is 0 Å². The third kappa shape index (κ3) is 3.18. The van der Waals surface area contributed by atoms with Crippen LogP contribution in [-0.2, 0) is 6.54 Å². The van der Waals surface area contributed by atoms with Crippen LogP contribution in [0.3, 0.4) is 0 Å². The molecule has 1 aromatic carbocycles. The highest BCUT2D eigenvalue weighted by atomic mass is 32.1. The Hall–Kier alpha value is -1.19. The van der Waals surface area contributed by atoms with Crippen molar-refractivity contribution >= 4 is 11.3 Å². The largest absolute Gasteiger partial charge is 0.304 e. The molecule has 0 aliphatic rings. The number of nitrogens with one attached hydrogen (secondary N) is 1. The van der Waals surface area contributed by atoms with Crippen molar-refractivity contribution in [3.05, 3.63) is 51.5 Å². The first-order valence-electron chi connectivity index (χ1n) is 6.39. The van der Waals surface area contributed by atoms with Gasteiger partial charge in [-0.25, -0.2) is 4.98 Å². The second-order valence-corrected chi connectivity index (χ2v) is 5.57. The Morgan fingerprint density at radius 2 is 2.17 bits per heavy atom. The molecule has 0 bridgehead atoms. The number of aromatic nitrogens is 1. The van der Waals surface area contributed by atoms with Gasteiger partial charge in [-0.15, -0.1) is 11.3 Å². The van der Waals surface area contributed by atoms with Crippen LogP contribution < -0.4 is 5.32 Å². The van der Waals surface area contributed by atoms with Gasteiger partial charge in [-0.1, -0.05) is 30.7 Å². The summed E-state index contributed by atoms with van der Waals surface area (Å²) in [4.78, 5) is 4.39. The lowest BCUT2D eigenvalue weighted by Gasteiger charge is -2.15. The van der Waals surface area contributed by atoms with Crippen LogP contribution in [0.5, 0.6) is 0 Å². The number of thiazole rings is 1. The van der Waals surface area contributed by atoms with Crippen LogP contribution in [0.2, 0.25) is 0 Å². The highest BCUT2D eigenvalue weighted by Gasteiger charge is 2.11. The van der Waals surface area contributed by atoms with Crippen LogP contribution >= 0.6 is 11.3 Å². The molecule has 0 aliphatic heterocycles. The fraction of sp³-hybridized carbons (Fsp3) is 0.400. The topological polar surface area (TPSA) is 24.9 Å². The summed E-state index contributed by atoms with van der Waals surface area (Å²) in [7, 11) is 0. The molecule has 2 rings (SSSR count). The molecule has 3 heteroatoms. The second kappa shape index (κ2) is 6.12. The van der Waals surface area contributed by atoms with E-state index in [2.05, 4.69) is 49.3 Å². The van der Waals surface area contributed by atoms with E-state index in [0.717, 1.165) is 13.0 Å². The lowest BCUT2D eigenvalue weighted by Crippen LogP contribution is -2.20. The number of rotatable bonds is 5. The molecule has 1 heterocycles. The standard InChI is InChI=1S/C15H20N2S/c1-4-14(15-16-7-8-18-15)17-10-13-6-5-11(2)9-12(13)3/h5-9,14,17H,4,10H2,1-3H3. The summed E-state index contributed by atoms with van der Waals surface area (Å²) in [6.45, 7) is 7.41. The highest BCUT2D eigenvalue weighted by molar-refractivity contribution is 7.09. The van der Waals surface area contributed by atoms with Gasteiger partial charge in [0.05, 0.1) is 6.04 Å². The van der Waals surface area contributed by atoms with Gasteiger partial charge in [0.15, 0.2) is 0 Å². The van der Waals surface area contributed by atoms with E-state index in [-0.39, 0.29) is 0 Å². The average Bonchev–Trinajstić information content (AvgIpc) is 2.86. The SMILES string of the molecule is CCC(NCc1ccc(C)cc1C)c1nccs1. The van der Waals surface area contributed by atoms with Gasteiger partial charge in [0.1, 0.15) is 5.01 Å². The van der Waals surface area contributed by atoms with Gasteiger partial charge in [0.25, 0.3) is 0 Å². The highest BCUT2D eigenvalue weighted by Crippen LogP contribution is 2.20. The fourth-order valence-electron chi connectivity index (χ4n) is 2.09. The minimum absolute atomic E-state index is 0.366. The van der Waals surface area contributed by atoms with Gasteiger partial charge in [-0.2, -0.15) is 0 Å². The Balaban J connectivity index is 2.02. The van der Waals surface area contributed by atoms with Gasteiger partial charge in [-0.05, 0) is 31.4 Å². The maximum Gasteiger partial charge on any atom is 0.109 e. The van der Waals surface area contributed by atoms with Crippen LogP contribution in [0.25, 0.3) is 0 Å². The summed E-state index contributed by atoms with van der Waals surface area (Å²) in [6, 6.07) is 6.99. The zero-order chi connectivity index (χ0) is 13.0. The molecule has 0 amide bonds. The lowest BCUT2D eigenvalue weighted by atomic mass is 10.1. The molecule has 18 heavy (non-hydrogen) atoms. The van der Waals surface area contributed by atoms with Crippen molar-refractivity contribution in [2.45, 2.75) is 39.8 Å². The van der Waals surface area contributed by atoms with E-state index >= 15 is 0 Å². The molecule has 0 fully saturated rings. The van der Waals surface area contributed by atoms with Crippen LogP contribution in [0.1, 0.15) is 41.1 Å². The number of aryl methyl sites for hydroxylation is 2. The molecule has 2 nitrogen and oxygen atoms in total.